The van der Waals surface area contributed by atoms with Crippen molar-refractivity contribution >= 4 is 11.3 Å². The summed E-state index contributed by atoms with van der Waals surface area (Å²) in [5, 5.41) is 4.29. The maximum absolute atomic E-state index is 4.72. The standard InChI is InChI=1S/C14H18N2S/c1-9-5-6-12(10(2)7-9)14-16-13(8-15-4)11(3)17-14/h5-7,15H,8H2,1-4H3. The molecule has 0 radical (unpaired) electrons. The molecule has 0 saturated heterocycles. The maximum Gasteiger partial charge on any atom is 0.124 e. The Balaban J connectivity index is 2.42. The summed E-state index contributed by atoms with van der Waals surface area (Å²) >= 11 is 1.78. The van der Waals surface area contributed by atoms with Gasteiger partial charge in [0, 0.05) is 17.0 Å². The lowest BCUT2D eigenvalue weighted by Gasteiger charge is -2.03. The highest BCUT2D eigenvalue weighted by Crippen LogP contribution is 2.30. The van der Waals surface area contributed by atoms with Gasteiger partial charge in [-0.15, -0.1) is 11.3 Å². The van der Waals surface area contributed by atoms with E-state index >= 15 is 0 Å². The molecule has 0 aliphatic rings. The van der Waals surface area contributed by atoms with Crippen LogP contribution in [0, 0.1) is 20.8 Å². The second kappa shape index (κ2) is 4.98. The minimum absolute atomic E-state index is 0.841. The van der Waals surface area contributed by atoms with Crippen molar-refractivity contribution in [2.45, 2.75) is 27.3 Å². The Morgan fingerprint density at radius 2 is 2.00 bits per heavy atom. The van der Waals surface area contributed by atoms with Gasteiger partial charge in [-0.05, 0) is 33.4 Å². The number of aryl methyl sites for hydroxylation is 3. The van der Waals surface area contributed by atoms with Gasteiger partial charge in [-0.2, -0.15) is 0 Å². The summed E-state index contributed by atoms with van der Waals surface area (Å²) in [6.45, 7) is 7.25. The zero-order chi connectivity index (χ0) is 12.4. The van der Waals surface area contributed by atoms with Crippen LogP contribution in [0.5, 0.6) is 0 Å². The summed E-state index contributed by atoms with van der Waals surface area (Å²) < 4.78 is 0. The number of nitrogens with one attached hydrogen (secondary N) is 1. The monoisotopic (exact) mass is 246 g/mol. The number of nitrogens with zero attached hydrogens (tertiary/aromatic N) is 1. The minimum atomic E-state index is 0.841. The molecule has 0 spiro atoms. The van der Waals surface area contributed by atoms with Crippen LogP contribution < -0.4 is 5.32 Å². The molecule has 0 saturated carbocycles. The fourth-order valence-electron chi connectivity index (χ4n) is 1.93. The van der Waals surface area contributed by atoms with Crippen LogP contribution in [-0.4, -0.2) is 12.0 Å². The van der Waals surface area contributed by atoms with Gasteiger partial charge in [0.25, 0.3) is 0 Å². The smallest absolute Gasteiger partial charge is 0.124 e. The molecule has 2 nitrogen and oxygen atoms in total. The molecular weight excluding hydrogens is 228 g/mol. The van der Waals surface area contributed by atoms with Gasteiger partial charge in [0.2, 0.25) is 0 Å². The zero-order valence-electron chi connectivity index (χ0n) is 10.8. The van der Waals surface area contributed by atoms with E-state index in [1.807, 2.05) is 7.05 Å². The molecule has 1 aromatic heterocycles. The van der Waals surface area contributed by atoms with E-state index in [0.29, 0.717) is 0 Å². The van der Waals surface area contributed by atoms with Crippen LogP contribution in [0.1, 0.15) is 21.7 Å². The normalized spacial score (nSPS) is 10.8. The van der Waals surface area contributed by atoms with Crippen LogP contribution >= 0.6 is 11.3 Å². The lowest BCUT2D eigenvalue weighted by atomic mass is 10.1. The number of benzene rings is 1. The van der Waals surface area contributed by atoms with Gasteiger partial charge in [0.05, 0.1) is 5.69 Å². The van der Waals surface area contributed by atoms with Gasteiger partial charge in [-0.1, -0.05) is 23.8 Å². The first-order chi connectivity index (χ1) is 8.11. The fraction of sp³-hybridized carbons (Fsp3) is 0.357. The van der Waals surface area contributed by atoms with Crippen LogP contribution in [-0.2, 0) is 6.54 Å². The van der Waals surface area contributed by atoms with Gasteiger partial charge >= 0.3 is 0 Å². The first-order valence-corrected chi connectivity index (χ1v) is 6.62. The second-order valence-electron chi connectivity index (χ2n) is 4.37. The Morgan fingerprint density at radius 1 is 1.24 bits per heavy atom. The van der Waals surface area contributed by atoms with Crippen molar-refractivity contribution in [3.05, 3.63) is 39.9 Å². The van der Waals surface area contributed by atoms with Crippen molar-refractivity contribution in [2.24, 2.45) is 0 Å². The topological polar surface area (TPSA) is 24.9 Å². The summed E-state index contributed by atoms with van der Waals surface area (Å²) in [6.07, 6.45) is 0. The van der Waals surface area contributed by atoms with Crippen LogP contribution in [0.2, 0.25) is 0 Å². The average Bonchev–Trinajstić information content (AvgIpc) is 2.60. The van der Waals surface area contributed by atoms with Crippen molar-refractivity contribution in [3.8, 4) is 10.6 Å². The van der Waals surface area contributed by atoms with Crippen LogP contribution in [0.25, 0.3) is 10.6 Å². The zero-order valence-corrected chi connectivity index (χ0v) is 11.6. The van der Waals surface area contributed by atoms with E-state index in [1.165, 1.54) is 21.6 Å². The van der Waals surface area contributed by atoms with E-state index < -0.39 is 0 Å². The summed E-state index contributed by atoms with van der Waals surface area (Å²) in [6, 6.07) is 6.53. The second-order valence-corrected chi connectivity index (χ2v) is 5.57. The first-order valence-electron chi connectivity index (χ1n) is 5.80. The van der Waals surface area contributed by atoms with E-state index in [-0.39, 0.29) is 0 Å². The highest BCUT2D eigenvalue weighted by molar-refractivity contribution is 7.15. The molecule has 0 atom stereocenters. The van der Waals surface area contributed by atoms with Gasteiger partial charge < -0.3 is 5.32 Å². The van der Waals surface area contributed by atoms with E-state index in [2.05, 4.69) is 44.3 Å². The third-order valence-corrected chi connectivity index (χ3v) is 3.90. The Hall–Kier alpha value is -1.19. The highest BCUT2D eigenvalue weighted by atomic mass is 32.1. The molecule has 0 amide bonds. The molecule has 0 unspecified atom stereocenters. The molecule has 2 rings (SSSR count). The molecule has 17 heavy (non-hydrogen) atoms. The predicted molar refractivity (Wildman–Crippen MR) is 74.5 cm³/mol. The maximum atomic E-state index is 4.72. The SMILES string of the molecule is CNCc1nc(-c2ccc(C)cc2C)sc1C. The Kier molecular flexibility index (Phi) is 3.60. The van der Waals surface area contributed by atoms with Gasteiger partial charge in [-0.25, -0.2) is 4.98 Å². The number of rotatable bonds is 3. The van der Waals surface area contributed by atoms with Crippen LogP contribution in [0.4, 0.5) is 0 Å². The molecule has 0 bridgehead atoms. The minimum Gasteiger partial charge on any atom is -0.314 e. The number of aromatic nitrogens is 1. The third kappa shape index (κ3) is 2.56. The lowest BCUT2D eigenvalue weighted by Crippen LogP contribution is -2.06. The van der Waals surface area contributed by atoms with Crippen LogP contribution in [0.3, 0.4) is 0 Å². The van der Waals surface area contributed by atoms with Gasteiger partial charge in [0.1, 0.15) is 5.01 Å². The number of thiazole rings is 1. The molecule has 0 aliphatic heterocycles. The quantitative estimate of drug-likeness (QED) is 0.897. The molecule has 1 aromatic carbocycles. The van der Waals surface area contributed by atoms with E-state index in [4.69, 9.17) is 4.98 Å². The number of hydrogen-bond acceptors (Lipinski definition) is 3. The lowest BCUT2D eigenvalue weighted by molar-refractivity contribution is 0.793. The van der Waals surface area contributed by atoms with Gasteiger partial charge in [0.15, 0.2) is 0 Å². The molecule has 2 aromatic rings. The molecule has 90 valence electrons. The van der Waals surface area contributed by atoms with Crippen LogP contribution in [0.15, 0.2) is 18.2 Å². The van der Waals surface area contributed by atoms with E-state index in [9.17, 15) is 0 Å². The molecule has 0 fully saturated rings. The molecule has 1 N–H and O–H groups in total. The average molecular weight is 246 g/mol. The molecule has 1 heterocycles. The highest BCUT2D eigenvalue weighted by Gasteiger charge is 2.10. The Bertz CT molecular complexity index is 529. The summed E-state index contributed by atoms with van der Waals surface area (Å²) in [5.41, 5.74) is 5.02. The van der Waals surface area contributed by atoms with Gasteiger partial charge in [-0.3, -0.25) is 0 Å². The Labute approximate surface area is 107 Å². The van der Waals surface area contributed by atoms with Crippen molar-refractivity contribution in [1.82, 2.24) is 10.3 Å². The third-order valence-electron chi connectivity index (χ3n) is 2.85. The first kappa shape index (κ1) is 12.3. The van der Waals surface area contributed by atoms with E-state index in [1.54, 1.807) is 11.3 Å². The Morgan fingerprint density at radius 3 is 2.65 bits per heavy atom. The van der Waals surface area contributed by atoms with Crippen molar-refractivity contribution in [3.63, 3.8) is 0 Å². The summed E-state index contributed by atoms with van der Waals surface area (Å²) in [7, 11) is 1.95. The van der Waals surface area contributed by atoms with Crippen molar-refractivity contribution < 1.29 is 0 Å². The molecular formula is C14H18N2S. The number of hydrogen-bond donors (Lipinski definition) is 1. The fourth-order valence-corrected chi connectivity index (χ4v) is 2.95. The van der Waals surface area contributed by atoms with Crippen molar-refractivity contribution in [1.29, 1.82) is 0 Å². The largest absolute Gasteiger partial charge is 0.314 e. The van der Waals surface area contributed by atoms with E-state index in [0.717, 1.165) is 17.2 Å². The summed E-state index contributed by atoms with van der Waals surface area (Å²) in [4.78, 5) is 6.02. The molecule has 3 heteroatoms. The predicted octanol–water partition coefficient (Wildman–Crippen LogP) is 3.45. The van der Waals surface area contributed by atoms with Crippen molar-refractivity contribution in [2.75, 3.05) is 7.05 Å². The molecule has 0 aliphatic carbocycles. The summed E-state index contributed by atoms with van der Waals surface area (Å²) in [5.74, 6) is 0.